The van der Waals surface area contributed by atoms with Gasteiger partial charge >= 0.3 is 0 Å². The monoisotopic (exact) mass is 376 g/mol. The number of carbonyl (C=O) groups is 2. The Labute approximate surface area is 164 Å². The lowest BCUT2D eigenvalue weighted by Gasteiger charge is -2.29. The van der Waals surface area contributed by atoms with Crippen LogP contribution in [-0.4, -0.2) is 24.7 Å². The van der Waals surface area contributed by atoms with Gasteiger partial charge in [0.25, 0.3) is 0 Å². The van der Waals surface area contributed by atoms with E-state index in [1.807, 2.05) is 24.3 Å². The third-order valence-electron chi connectivity index (χ3n) is 5.43. The molecule has 2 aliphatic carbocycles. The van der Waals surface area contributed by atoms with Crippen molar-refractivity contribution in [1.82, 2.24) is 5.32 Å². The van der Waals surface area contributed by atoms with Crippen molar-refractivity contribution in [3.05, 3.63) is 71.1 Å². The first kappa shape index (κ1) is 18.3. The maximum absolute atomic E-state index is 13.2. The van der Waals surface area contributed by atoms with Gasteiger partial charge in [-0.3, -0.25) is 9.59 Å². The van der Waals surface area contributed by atoms with Crippen LogP contribution in [0.2, 0.25) is 0 Å². The van der Waals surface area contributed by atoms with Crippen molar-refractivity contribution in [3.63, 3.8) is 0 Å². The number of rotatable bonds is 5. The molecule has 0 heterocycles. The molecule has 0 aromatic heterocycles. The van der Waals surface area contributed by atoms with Crippen LogP contribution < -0.4 is 15.4 Å². The van der Waals surface area contributed by atoms with Crippen LogP contribution in [0, 0.1) is 0 Å². The molecule has 2 aromatic carbocycles. The molecule has 0 amide bonds. The van der Waals surface area contributed by atoms with Crippen molar-refractivity contribution in [2.75, 3.05) is 12.4 Å². The standard InChI is InChI=1S/C23H24N2O3/c1-28-17-13-11-16(12-14-17)25-21-20(24-15-7-3-2-4-8-15)22(26)18-9-5-6-10-19(18)23(21)27/h5-6,9-15,24-25H,2-4,7-8H2,1H3. The largest absolute Gasteiger partial charge is 0.497 e. The van der Waals surface area contributed by atoms with Crippen LogP contribution in [0.25, 0.3) is 0 Å². The van der Waals surface area contributed by atoms with Gasteiger partial charge in [-0.05, 0) is 37.1 Å². The summed E-state index contributed by atoms with van der Waals surface area (Å²) < 4.78 is 5.19. The number of ketones is 2. The number of Topliss-reactive ketones (excluding diaryl/α,β-unsaturated/α-hetero) is 2. The number of fused-ring (bicyclic) bond motifs is 1. The van der Waals surface area contributed by atoms with Gasteiger partial charge in [-0.25, -0.2) is 0 Å². The van der Waals surface area contributed by atoms with Gasteiger partial charge in [0.1, 0.15) is 17.1 Å². The molecular formula is C23H24N2O3. The van der Waals surface area contributed by atoms with E-state index in [-0.39, 0.29) is 17.6 Å². The Morgan fingerprint density at radius 3 is 2.04 bits per heavy atom. The average molecular weight is 376 g/mol. The summed E-state index contributed by atoms with van der Waals surface area (Å²) >= 11 is 0. The van der Waals surface area contributed by atoms with Crippen molar-refractivity contribution in [1.29, 1.82) is 0 Å². The summed E-state index contributed by atoms with van der Waals surface area (Å²) in [5.41, 5.74) is 2.34. The highest BCUT2D eigenvalue weighted by molar-refractivity contribution is 6.27. The molecule has 2 aromatic rings. The normalized spacial score (nSPS) is 17.3. The van der Waals surface area contributed by atoms with Gasteiger partial charge in [-0.1, -0.05) is 43.5 Å². The second kappa shape index (κ2) is 7.89. The topological polar surface area (TPSA) is 67.4 Å². The van der Waals surface area contributed by atoms with Crippen LogP contribution in [0.5, 0.6) is 5.75 Å². The predicted octanol–water partition coefficient (Wildman–Crippen LogP) is 4.32. The van der Waals surface area contributed by atoms with E-state index in [1.54, 1.807) is 31.4 Å². The Morgan fingerprint density at radius 1 is 0.821 bits per heavy atom. The Bertz CT molecular complexity index is 925. The molecule has 1 saturated carbocycles. The van der Waals surface area contributed by atoms with Gasteiger partial charge in [0.2, 0.25) is 11.6 Å². The number of allylic oxidation sites excluding steroid dienone is 2. The predicted molar refractivity (Wildman–Crippen MR) is 109 cm³/mol. The molecule has 0 atom stereocenters. The fraction of sp³-hybridized carbons (Fsp3) is 0.304. The number of hydrogen-bond acceptors (Lipinski definition) is 5. The molecular weight excluding hydrogens is 352 g/mol. The van der Waals surface area contributed by atoms with Crippen molar-refractivity contribution >= 4 is 17.3 Å². The van der Waals surface area contributed by atoms with Crippen LogP contribution >= 0.6 is 0 Å². The Balaban J connectivity index is 1.71. The zero-order valence-electron chi connectivity index (χ0n) is 16.0. The SMILES string of the molecule is COc1ccc(NC2=C(NC3CCCCC3)C(=O)c3ccccc3C2=O)cc1. The van der Waals surface area contributed by atoms with Crippen molar-refractivity contribution < 1.29 is 14.3 Å². The zero-order valence-corrected chi connectivity index (χ0v) is 16.0. The molecule has 4 rings (SSSR count). The molecule has 28 heavy (non-hydrogen) atoms. The number of hydrogen-bond donors (Lipinski definition) is 2. The minimum absolute atomic E-state index is 0.128. The highest BCUT2D eigenvalue weighted by atomic mass is 16.5. The van der Waals surface area contributed by atoms with Crippen LogP contribution in [0.1, 0.15) is 52.8 Å². The Kier molecular flexibility index (Phi) is 5.15. The second-order valence-electron chi connectivity index (χ2n) is 7.29. The fourth-order valence-electron chi connectivity index (χ4n) is 3.90. The van der Waals surface area contributed by atoms with E-state index in [9.17, 15) is 9.59 Å². The maximum atomic E-state index is 13.2. The van der Waals surface area contributed by atoms with E-state index in [0.717, 1.165) is 37.1 Å². The lowest BCUT2D eigenvalue weighted by Crippen LogP contribution is -2.39. The number of ether oxygens (including phenoxy) is 1. The molecule has 0 bridgehead atoms. The molecule has 0 unspecified atom stereocenters. The van der Waals surface area contributed by atoms with Gasteiger partial charge in [0, 0.05) is 22.9 Å². The number of carbonyl (C=O) groups excluding carboxylic acids is 2. The van der Waals surface area contributed by atoms with Crippen LogP contribution in [0.4, 0.5) is 5.69 Å². The zero-order chi connectivity index (χ0) is 19.5. The highest BCUT2D eigenvalue weighted by Crippen LogP contribution is 2.28. The Morgan fingerprint density at radius 2 is 1.43 bits per heavy atom. The number of methoxy groups -OCH3 is 1. The number of benzene rings is 2. The van der Waals surface area contributed by atoms with Crippen LogP contribution in [-0.2, 0) is 0 Å². The summed E-state index contributed by atoms with van der Waals surface area (Å²) in [6.45, 7) is 0. The summed E-state index contributed by atoms with van der Waals surface area (Å²) in [7, 11) is 1.61. The molecule has 144 valence electrons. The maximum Gasteiger partial charge on any atom is 0.212 e. The van der Waals surface area contributed by atoms with Gasteiger partial charge in [-0.15, -0.1) is 0 Å². The first-order valence-electron chi connectivity index (χ1n) is 9.77. The average Bonchev–Trinajstić information content (AvgIpc) is 2.75. The summed E-state index contributed by atoms with van der Waals surface area (Å²) in [6.07, 6.45) is 5.55. The highest BCUT2D eigenvalue weighted by Gasteiger charge is 2.33. The third kappa shape index (κ3) is 3.52. The third-order valence-corrected chi connectivity index (χ3v) is 5.43. The summed E-state index contributed by atoms with van der Waals surface area (Å²) in [5, 5.41) is 6.58. The Hall–Kier alpha value is -3.08. The molecule has 5 nitrogen and oxygen atoms in total. The first-order chi connectivity index (χ1) is 13.7. The summed E-state index contributed by atoms with van der Waals surface area (Å²) in [6, 6.07) is 14.5. The molecule has 0 radical (unpaired) electrons. The molecule has 1 fully saturated rings. The molecule has 0 aliphatic heterocycles. The van der Waals surface area contributed by atoms with Crippen molar-refractivity contribution in [3.8, 4) is 5.75 Å². The fourth-order valence-corrected chi connectivity index (χ4v) is 3.90. The molecule has 0 saturated heterocycles. The van der Waals surface area contributed by atoms with Crippen LogP contribution in [0.15, 0.2) is 59.9 Å². The molecule has 2 aliphatic rings. The second-order valence-corrected chi connectivity index (χ2v) is 7.29. The number of anilines is 1. The quantitative estimate of drug-likeness (QED) is 0.813. The van der Waals surface area contributed by atoms with E-state index in [0.29, 0.717) is 22.5 Å². The van der Waals surface area contributed by atoms with E-state index < -0.39 is 0 Å². The van der Waals surface area contributed by atoms with Crippen LogP contribution in [0.3, 0.4) is 0 Å². The van der Waals surface area contributed by atoms with E-state index in [4.69, 9.17) is 4.74 Å². The number of nitrogens with one attached hydrogen (secondary N) is 2. The van der Waals surface area contributed by atoms with Crippen molar-refractivity contribution in [2.24, 2.45) is 0 Å². The summed E-state index contributed by atoms with van der Waals surface area (Å²) in [4.78, 5) is 26.4. The summed E-state index contributed by atoms with van der Waals surface area (Å²) in [5.74, 6) is 0.442. The van der Waals surface area contributed by atoms with Gasteiger partial charge in [-0.2, -0.15) is 0 Å². The lowest BCUT2D eigenvalue weighted by atomic mass is 9.88. The first-order valence-corrected chi connectivity index (χ1v) is 9.77. The van der Waals surface area contributed by atoms with E-state index in [1.165, 1.54) is 6.42 Å². The molecule has 2 N–H and O–H groups in total. The molecule has 0 spiro atoms. The van der Waals surface area contributed by atoms with Gasteiger partial charge in [0.15, 0.2) is 0 Å². The van der Waals surface area contributed by atoms with Gasteiger partial charge in [0.05, 0.1) is 7.11 Å². The molecule has 5 heteroatoms. The van der Waals surface area contributed by atoms with E-state index in [2.05, 4.69) is 10.6 Å². The minimum Gasteiger partial charge on any atom is -0.497 e. The smallest absolute Gasteiger partial charge is 0.212 e. The minimum atomic E-state index is -0.163. The van der Waals surface area contributed by atoms with Crippen molar-refractivity contribution in [2.45, 2.75) is 38.1 Å². The van der Waals surface area contributed by atoms with Gasteiger partial charge < -0.3 is 15.4 Å². The van der Waals surface area contributed by atoms with E-state index >= 15 is 0 Å². The lowest BCUT2D eigenvalue weighted by molar-refractivity contribution is 0.0966.